The lowest BCUT2D eigenvalue weighted by atomic mass is 10.1. The highest BCUT2D eigenvalue weighted by Gasteiger charge is 2.33. The number of isothiocyanates is 1. The second-order valence-corrected chi connectivity index (χ2v) is 4.58. The van der Waals surface area contributed by atoms with Gasteiger partial charge in [0, 0.05) is 12.8 Å². The van der Waals surface area contributed by atoms with Crippen molar-refractivity contribution in [1.82, 2.24) is 4.57 Å². The summed E-state index contributed by atoms with van der Waals surface area (Å²) in [6, 6.07) is 0.263. The number of rotatable bonds is 2. The summed E-state index contributed by atoms with van der Waals surface area (Å²) in [4.78, 5) is 15.5. The molecule has 1 aromatic heterocycles. The molecule has 1 aliphatic heterocycles. The minimum Gasteiger partial charge on any atom is -0.379 e. The van der Waals surface area contributed by atoms with E-state index in [0.717, 1.165) is 10.8 Å². The molecule has 1 aromatic rings. The maximum Gasteiger partial charge on any atom is 0.417 e. The second-order valence-electron chi connectivity index (χ2n) is 4.40. The average molecular weight is 304 g/mol. The van der Waals surface area contributed by atoms with Crippen LogP contribution in [0.1, 0.15) is 24.4 Å². The van der Waals surface area contributed by atoms with Gasteiger partial charge in [-0.2, -0.15) is 18.2 Å². The van der Waals surface area contributed by atoms with Crippen molar-refractivity contribution in [1.29, 1.82) is 0 Å². The highest BCUT2D eigenvalue weighted by molar-refractivity contribution is 7.78. The van der Waals surface area contributed by atoms with Gasteiger partial charge < -0.3 is 9.30 Å². The quantitative estimate of drug-likeness (QED) is 0.623. The van der Waals surface area contributed by atoms with E-state index < -0.39 is 23.3 Å². The number of aliphatic imine (C=N–C) groups is 1. The van der Waals surface area contributed by atoms with Crippen molar-refractivity contribution in [3.05, 3.63) is 28.2 Å². The summed E-state index contributed by atoms with van der Waals surface area (Å²) in [5.41, 5.74) is -1.92. The van der Waals surface area contributed by atoms with Crippen molar-refractivity contribution in [2.45, 2.75) is 25.1 Å². The summed E-state index contributed by atoms with van der Waals surface area (Å²) >= 11 is 4.36. The van der Waals surface area contributed by atoms with Crippen LogP contribution >= 0.6 is 12.2 Å². The molecular weight excluding hydrogens is 293 g/mol. The predicted octanol–water partition coefficient (Wildman–Crippen LogP) is 2.95. The first-order chi connectivity index (χ1) is 9.43. The molecule has 1 saturated heterocycles. The molecule has 1 aliphatic rings. The van der Waals surface area contributed by atoms with Crippen molar-refractivity contribution in [3.8, 4) is 0 Å². The van der Waals surface area contributed by atoms with Crippen LogP contribution in [-0.2, 0) is 10.9 Å². The van der Waals surface area contributed by atoms with Gasteiger partial charge in [0.05, 0.1) is 23.4 Å². The van der Waals surface area contributed by atoms with Crippen LogP contribution in [0.5, 0.6) is 0 Å². The number of hydrogen-bond donors (Lipinski definition) is 0. The zero-order valence-corrected chi connectivity index (χ0v) is 11.1. The van der Waals surface area contributed by atoms with Crippen molar-refractivity contribution in [3.63, 3.8) is 0 Å². The second kappa shape index (κ2) is 5.87. The van der Waals surface area contributed by atoms with E-state index in [1.807, 2.05) is 5.16 Å². The molecule has 0 bridgehead atoms. The Labute approximate surface area is 117 Å². The summed E-state index contributed by atoms with van der Waals surface area (Å²) in [7, 11) is 0. The summed E-state index contributed by atoms with van der Waals surface area (Å²) in [5.74, 6) is 0. The Morgan fingerprint density at radius 3 is 2.80 bits per heavy atom. The number of ether oxygens (including phenoxy) is 1. The van der Waals surface area contributed by atoms with Crippen LogP contribution in [0.4, 0.5) is 18.9 Å². The van der Waals surface area contributed by atoms with Crippen molar-refractivity contribution >= 4 is 23.1 Å². The minimum atomic E-state index is -4.56. The number of pyridine rings is 1. The van der Waals surface area contributed by atoms with Crippen LogP contribution in [0.2, 0.25) is 0 Å². The summed E-state index contributed by atoms with van der Waals surface area (Å²) < 4.78 is 44.8. The Balaban J connectivity index is 2.56. The van der Waals surface area contributed by atoms with Crippen LogP contribution in [0, 0.1) is 0 Å². The number of hydrogen-bond acceptors (Lipinski definition) is 4. The molecule has 108 valence electrons. The molecule has 0 amide bonds. The Hall–Kier alpha value is -1.50. The van der Waals surface area contributed by atoms with Crippen LogP contribution in [0.3, 0.4) is 0 Å². The molecule has 0 N–H and O–H groups in total. The highest BCUT2D eigenvalue weighted by atomic mass is 32.1. The molecule has 2 heterocycles. The Morgan fingerprint density at radius 2 is 2.25 bits per heavy atom. The smallest absolute Gasteiger partial charge is 0.379 e. The monoisotopic (exact) mass is 304 g/mol. The number of alkyl halides is 3. The van der Waals surface area contributed by atoms with E-state index in [4.69, 9.17) is 4.74 Å². The maximum atomic E-state index is 12.9. The molecule has 8 heteroatoms. The van der Waals surface area contributed by atoms with Gasteiger partial charge in [-0.3, -0.25) is 4.79 Å². The molecule has 20 heavy (non-hydrogen) atoms. The van der Waals surface area contributed by atoms with Gasteiger partial charge in [-0.05, 0) is 31.1 Å². The molecule has 1 fully saturated rings. The van der Waals surface area contributed by atoms with Gasteiger partial charge in [0.15, 0.2) is 0 Å². The van der Waals surface area contributed by atoms with Gasteiger partial charge in [0.1, 0.15) is 5.69 Å². The van der Waals surface area contributed by atoms with Gasteiger partial charge >= 0.3 is 6.18 Å². The highest BCUT2D eigenvalue weighted by Crippen LogP contribution is 2.31. The first-order valence-electron chi connectivity index (χ1n) is 5.92. The van der Waals surface area contributed by atoms with Gasteiger partial charge in [0.25, 0.3) is 5.56 Å². The van der Waals surface area contributed by atoms with Crippen LogP contribution in [0.25, 0.3) is 0 Å². The number of nitrogens with zero attached hydrogens (tertiary/aromatic N) is 2. The molecule has 0 aromatic carbocycles. The Kier molecular flexibility index (Phi) is 4.37. The molecule has 0 saturated carbocycles. The number of thiocarbonyl (C=S) groups is 1. The van der Waals surface area contributed by atoms with Gasteiger partial charge in [-0.25, -0.2) is 0 Å². The minimum absolute atomic E-state index is 0.210. The largest absolute Gasteiger partial charge is 0.417 e. The lowest BCUT2D eigenvalue weighted by Crippen LogP contribution is -2.31. The predicted molar refractivity (Wildman–Crippen MR) is 69.5 cm³/mol. The third kappa shape index (κ3) is 3.15. The Bertz CT molecular complexity index is 600. The maximum absolute atomic E-state index is 12.9. The van der Waals surface area contributed by atoms with E-state index >= 15 is 0 Å². The van der Waals surface area contributed by atoms with E-state index in [0.29, 0.717) is 25.5 Å². The summed E-state index contributed by atoms with van der Waals surface area (Å²) in [5, 5.41) is 1.93. The average Bonchev–Trinajstić information content (AvgIpc) is 2.41. The molecule has 0 spiro atoms. The molecule has 0 aliphatic carbocycles. The molecule has 0 radical (unpaired) electrons. The molecule has 1 unspecified atom stereocenters. The van der Waals surface area contributed by atoms with E-state index in [9.17, 15) is 18.0 Å². The number of halogens is 3. The summed E-state index contributed by atoms with van der Waals surface area (Å²) in [6.07, 6.45) is -2.47. The Morgan fingerprint density at radius 1 is 1.50 bits per heavy atom. The van der Waals surface area contributed by atoms with Crippen molar-refractivity contribution in [2.24, 2.45) is 4.99 Å². The van der Waals surface area contributed by atoms with E-state index in [-0.39, 0.29) is 12.3 Å². The van der Waals surface area contributed by atoms with Crippen molar-refractivity contribution < 1.29 is 17.9 Å². The zero-order chi connectivity index (χ0) is 14.8. The SMILES string of the molecule is O=c1c(N=C=S)cc(C(F)(F)F)cn1C1CCCOC1. The van der Waals surface area contributed by atoms with E-state index in [1.54, 1.807) is 0 Å². The third-order valence-electron chi connectivity index (χ3n) is 3.05. The van der Waals surface area contributed by atoms with Crippen LogP contribution in [-0.4, -0.2) is 22.9 Å². The van der Waals surface area contributed by atoms with Gasteiger partial charge in [-0.15, -0.1) is 0 Å². The lowest BCUT2D eigenvalue weighted by Gasteiger charge is -2.25. The van der Waals surface area contributed by atoms with Gasteiger partial charge in [-0.1, -0.05) is 0 Å². The fourth-order valence-electron chi connectivity index (χ4n) is 2.09. The molecule has 1 atom stereocenters. The standard InChI is InChI=1S/C12H11F3N2O2S/c13-12(14,15)8-4-10(16-7-20)11(18)17(5-8)9-2-1-3-19-6-9/h4-5,9H,1-3,6H2. The van der Waals surface area contributed by atoms with Gasteiger partial charge in [0.2, 0.25) is 0 Å². The van der Waals surface area contributed by atoms with Crippen LogP contribution in [0.15, 0.2) is 22.1 Å². The third-order valence-corrected chi connectivity index (χ3v) is 3.14. The number of aromatic nitrogens is 1. The first kappa shape index (κ1) is 14.9. The zero-order valence-electron chi connectivity index (χ0n) is 10.3. The normalized spacial score (nSPS) is 19.4. The van der Waals surface area contributed by atoms with Crippen molar-refractivity contribution in [2.75, 3.05) is 13.2 Å². The molecule has 4 nitrogen and oxygen atoms in total. The van der Waals surface area contributed by atoms with E-state index in [1.165, 1.54) is 0 Å². The fraction of sp³-hybridized carbons (Fsp3) is 0.500. The first-order valence-corrected chi connectivity index (χ1v) is 6.33. The van der Waals surface area contributed by atoms with Crippen LogP contribution < -0.4 is 5.56 Å². The molecular formula is C12H11F3N2O2S. The lowest BCUT2D eigenvalue weighted by molar-refractivity contribution is -0.138. The van der Waals surface area contributed by atoms with E-state index in [2.05, 4.69) is 17.2 Å². The molecule has 2 rings (SSSR count). The summed E-state index contributed by atoms with van der Waals surface area (Å²) in [6.45, 7) is 0.761. The topological polar surface area (TPSA) is 43.6 Å². The fourth-order valence-corrected chi connectivity index (χ4v) is 2.18.